The summed E-state index contributed by atoms with van der Waals surface area (Å²) >= 11 is 0. The largest absolute Gasteiger partial charge is 0.491 e. The third-order valence-corrected chi connectivity index (χ3v) is 2.29. The molecule has 90 valence electrons. The van der Waals surface area contributed by atoms with Crippen molar-refractivity contribution in [1.29, 1.82) is 0 Å². The summed E-state index contributed by atoms with van der Waals surface area (Å²) in [5.74, 6) is 0.782. The standard InChI is InChI=1S/C13H20O3/c1-3-7-15-8-9-16-13-11(2)5-4-6-12(13)10-14/h4-6,14H,3,7-10H2,1-2H3. The Morgan fingerprint density at radius 2 is 2.00 bits per heavy atom. The van der Waals surface area contributed by atoms with Gasteiger partial charge in [-0.3, -0.25) is 0 Å². The van der Waals surface area contributed by atoms with Crippen LogP contribution in [0, 0.1) is 6.92 Å². The van der Waals surface area contributed by atoms with Crippen LogP contribution in [0.2, 0.25) is 0 Å². The van der Waals surface area contributed by atoms with Gasteiger partial charge in [0.1, 0.15) is 12.4 Å². The van der Waals surface area contributed by atoms with Gasteiger partial charge in [-0.25, -0.2) is 0 Å². The van der Waals surface area contributed by atoms with Crippen LogP contribution < -0.4 is 4.74 Å². The van der Waals surface area contributed by atoms with Crippen molar-refractivity contribution in [3.05, 3.63) is 29.3 Å². The van der Waals surface area contributed by atoms with Gasteiger partial charge in [-0.1, -0.05) is 25.1 Å². The molecule has 0 aliphatic heterocycles. The highest BCUT2D eigenvalue weighted by Gasteiger charge is 2.05. The monoisotopic (exact) mass is 224 g/mol. The van der Waals surface area contributed by atoms with Gasteiger partial charge in [-0.2, -0.15) is 0 Å². The Hall–Kier alpha value is -1.06. The molecule has 0 atom stereocenters. The van der Waals surface area contributed by atoms with Gasteiger partial charge < -0.3 is 14.6 Å². The fraction of sp³-hybridized carbons (Fsp3) is 0.538. The first-order valence-corrected chi connectivity index (χ1v) is 5.69. The first kappa shape index (κ1) is 13.0. The molecule has 3 nitrogen and oxygen atoms in total. The highest BCUT2D eigenvalue weighted by atomic mass is 16.5. The molecule has 0 aromatic heterocycles. The van der Waals surface area contributed by atoms with Gasteiger partial charge in [0.05, 0.1) is 13.2 Å². The molecule has 1 aromatic carbocycles. The molecule has 1 rings (SSSR count). The Labute approximate surface area is 97.0 Å². The number of hydrogen-bond acceptors (Lipinski definition) is 3. The lowest BCUT2D eigenvalue weighted by Gasteiger charge is -2.12. The first-order chi connectivity index (χ1) is 7.79. The molecular formula is C13H20O3. The Kier molecular flexibility index (Phi) is 5.90. The molecule has 0 saturated heterocycles. The quantitative estimate of drug-likeness (QED) is 0.722. The fourth-order valence-electron chi connectivity index (χ4n) is 1.49. The molecule has 3 heteroatoms. The number of hydrogen-bond donors (Lipinski definition) is 1. The van der Waals surface area contributed by atoms with Crippen LogP contribution in [0.4, 0.5) is 0 Å². The molecular weight excluding hydrogens is 204 g/mol. The lowest BCUT2D eigenvalue weighted by Crippen LogP contribution is -2.09. The summed E-state index contributed by atoms with van der Waals surface area (Å²) in [5, 5.41) is 9.17. The molecule has 0 heterocycles. The number of aliphatic hydroxyl groups excluding tert-OH is 1. The van der Waals surface area contributed by atoms with E-state index in [1.54, 1.807) is 0 Å². The molecule has 1 N–H and O–H groups in total. The van der Waals surface area contributed by atoms with Crippen molar-refractivity contribution >= 4 is 0 Å². The van der Waals surface area contributed by atoms with E-state index in [1.165, 1.54) is 0 Å². The smallest absolute Gasteiger partial charge is 0.127 e. The van der Waals surface area contributed by atoms with E-state index in [2.05, 4.69) is 6.92 Å². The van der Waals surface area contributed by atoms with Gasteiger partial charge in [0.2, 0.25) is 0 Å². The molecule has 0 aliphatic rings. The predicted octanol–water partition coefficient (Wildman–Crippen LogP) is 2.29. The Morgan fingerprint density at radius 1 is 1.19 bits per heavy atom. The van der Waals surface area contributed by atoms with Crippen LogP contribution in [0.15, 0.2) is 18.2 Å². The lowest BCUT2D eigenvalue weighted by atomic mass is 10.1. The van der Waals surface area contributed by atoms with Gasteiger partial charge >= 0.3 is 0 Å². The average Bonchev–Trinajstić information content (AvgIpc) is 2.30. The number of para-hydroxylation sites is 1. The topological polar surface area (TPSA) is 38.7 Å². The summed E-state index contributed by atoms with van der Waals surface area (Å²) in [7, 11) is 0. The van der Waals surface area contributed by atoms with Crippen LogP contribution in [-0.4, -0.2) is 24.9 Å². The lowest BCUT2D eigenvalue weighted by molar-refractivity contribution is 0.0994. The number of ether oxygens (including phenoxy) is 2. The van der Waals surface area contributed by atoms with Crippen LogP contribution in [0.5, 0.6) is 5.75 Å². The second-order valence-corrected chi connectivity index (χ2v) is 3.68. The predicted molar refractivity (Wildman–Crippen MR) is 63.7 cm³/mol. The summed E-state index contributed by atoms with van der Waals surface area (Å²) in [6.45, 7) is 5.94. The zero-order chi connectivity index (χ0) is 11.8. The van der Waals surface area contributed by atoms with E-state index in [-0.39, 0.29) is 6.61 Å². The van der Waals surface area contributed by atoms with Crippen molar-refractivity contribution in [2.24, 2.45) is 0 Å². The molecule has 16 heavy (non-hydrogen) atoms. The zero-order valence-electron chi connectivity index (χ0n) is 10.0. The molecule has 0 aliphatic carbocycles. The Balaban J connectivity index is 2.46. The number of aryl methyl sites for hydroxylation is 1. The fourth-order valence-corrected chi connectivity index (χ4v) is 1.49. The van der Waals surface area contributed by atoms with E-state index in [4.69, 9.17) is 9.47 Å². The Morgan fingerprint density at radius 3 is 2.69 bits per heavy atom. The van der Waals surface area contributed by atoms with E-state index < -0.39 is 0 Å². The maximum absolute atomic E-state index is 9.17. The van der Waals surface area contributed by atoms with E-state index in [0.717, 1.165) is 29.9 Å². The molecule has 0 radical (unpaired) electrons. The summed E-state index contributed by atoms with van der Waals surface area (Å²) in [6.07, 6.45) is 1.02. The summed E-state index contributed by atoms with van der Waals surface area (Å²) in [6, 6.07) is 5.76. The van der Waals surface area contributed by atoms with Gasteiger partial charge in [-0.05, 0) is 18.9 Å². The maximum atomic E-state index is 9.17. The Bertz CT molecular complexity index is 310. The number of benzene rings is 1. The van der Waals surface area contributed by atoms with Crippen molar-refractivity contribution in [3.63, 3.8) is 0 Å². The molecule has 0 fully saturated rings. The normalized spacial score (nSPS) is 10.4. The molecule has 0 amide bonds. The third kappa shape index (κ3) is 3.83. The molecule has 0 spiro atoms. The van der Waals surface area contributed by atoms with Gasteiger partial charge in [0.25, 0.3) is 0 Å². The van der Waals surface area contributed by atoms with Crippen LogP contribution in [-0.2, 0) is 11.3 Å². The SMILES string of the molecule is CCCOCCOc1c(C)cccc1CO. The maximum Gasteiger partial charge on any atom is 0.127 e. The van der Waals surface area contributed by atoms with E-state index in [0.29, 0.717) is 13.2 Å². The van der Waals surface area contributed by atoms with Crippen LogP contribution in [0.3, 0.4) is 0 Å². The second-order valence-electron chi connectivity index (χ2n) is 3.68. The van der Waals surface area contributed by atoms with Crippen molar-refractivity contribution in [2.45, 2.75) is 26.9 Å². The van der Waals surface area contributed by atoms with Crippen LogP contribution in [0.25, 0.3) is 0 Å². The summed E-state index contributed by atoms with van der Waals surface area (Å²) < 4.78 is 11.0. The molecule has 0 saturated carbocycles. The van der Waals surface area contributed by atoms with Gasteiger partial charge in [0.15, 0.2) is 0 Å². The zero-order valence-corrected chi connectivity index (χ0v) is 10.0. The summed E-state index contributed by atoms with van der Waals surface area (Å²) in [5.41, 5.74) is 1.87. The molecule has 1 aromatic rings. The molecule has 0 unspecified atom stereocenters. The number of rotatable bonds is 7. The minimum Gasteiger partial charge on any atom is -0.491 e. The van der Waals surface area contributed by atoms with Crippen LogP contribution in [0.1, 0.15) is 24.5 Å². The average molecular weight is 224 g/mol. The highest BCUT2D eigenvalue weighted by molar-refractivity contribution is 5.40. The summed E-state index contributed by atoms with van der Waals surface area (Å²) in [4.78, 5) is 0. The second kappa shape index (κ2) is 7.25. The first-order valence-electron chi connectivity index (χ1n) is 5.69. The third-order valence-electron chi connectivity index (χ3n) is 2.29. The van der Waals surface area contributed by atoms with Crippen LogP contribution >= 0.6 is 0 Å². The minimum atomic E-state index is 0.00678. The van der Waals surface area contributed by atoms with Crippen molar-refractivity contribution < 1.29 is 14.6 Å². The van der Waals surface area contributed by atoms with E-state index >= 15 is 0 Å². The van der Waals surface area contributed by atoms with Gasteiger partial charge in [-0.15, -0.1) is 0 Å². The van der Waals surface area contributed by atoms with E-state index in [9.17, 15) is 5.11 Å². The van der Waals surface area contributed by atoms with Crippen molar-refractivity contribution in [2.75, 3.05) is 19.8 Å². The van der Waals surface area contributed by atoms with Crippen molar-refractivity contribution in [1.82, 2.24) is 0 Å². The van der Waals surface area contributed by atoms with Crippen molar-refractivity contribution in [3.8, 4) is 5.75 Å². The highest BCUT2D eigenvalue weighted by Crippen LogP contribution is 2.23. The minimum absolute atomic E-state index is 0.00678. The number of aliphatic hydroxyl groups is 1. The molecule has 0 bridgehead atoms. The van der Waals surface area contributed by atoms with Gasteiger partial charge in [0, 0.05) is 12.2 Å². The van der Waals surface area contributed by atoms with E-state index in [1.807, 2.05) is 25.1 Å².